The van der Waals surface area contributed by atoms with Gasteiger partial charge in [0.2, 0.25) is 0 Å². The van der Waals surface area contributed by atoms with E-state index in [-0.39, 0.29) is 12.6 Å². The first-order valence-electron chi connectivity index (χ1n) is 7.70. The number of aryl methyl sites for hydroxylation is 1. The fraction of sp³-hybridized carbons (Fsp3) is 0.353. The second-order valence-corrected chi connectivity index (χ2v) is 7.57. The van der Waals surface area contributed by atoms with Crippen LogP contribution in [0.1, 0.15) is 18.2 Å². The number of nitrogens with zero attached hydrogens (tertiary/aromatic N) is 2. The zero-order chi connectivity index (χ0) is 17.3. The number of aliphatic carboxylic acids is 1. The number of amides is 2. The Labute approximate surface area is 144 Å². The molecule has 2 aromatic heterocycles. The SMILES string of the molecule is Cc1ccc(-c2ncccc2NC(=O)N2CCC(C)(C(=O)O)C2)s1. The topological polar surface area (TPSA) is 82.5 Å². The first-order chi connectivity index (χ1) is 11.4. The smallest absolute Gasteiger partial charge is 0.321 e. The Morgan fingerprint density at radius 2 is 2.17 bits per heavy atom. The Morgan fingerprint density at radius 3 is 2.79 bits per heavy atom. The number of nitrogens with one attached hydrogen (secondary N) is 1. The summed E-state index contributed by atoms with van der Waals surface area (Å²) in [7, 11) is 0. The van der Waals surface area contributed by atoms with Gasteiger partial charge in [-0.1, -0.05) is 0 Å². The van der Waals surface area contributed by atoms with E-state index in [2.05, 4.69) is 10.3 Å². The molecule has 24 heavy (non-hydrogen) atoms. The van der Waals surface area contributed by atoms with E-state index < -0.39 is 11.4 Å². The summed E-state index contributed by atoms with van der Waals surface area (Å²) in [5.41, 5.74) is 0.484. The van der Waals surface area contributed by atoms with E-state index in [0.29, 0.717) is 18.7 Å². The molecule has 2 amide bonds. The average molecular weight is 345 g/mol. The van der Waals surface area contributed by atoms with Crippen molar-refractivity contribution in [2.24, 2.45) is 5.41 Å². The Kier molecular flexibility index (Phi) is 4.28. The van der Waals surface area contributed by atoms with Crippen LogP contribution in [0, 0.1) is 12.3 Å². The van der Waals surface area contributed by atoms with Crippen molar-refractivity contribution >= 4 is 29.0 Å². The minimum absolute atomic E-state index is 0.210. The molecular formula is C17H19N3O3S. The van der Waals surface area contributed by atoms with E-state index in [9.17, 15) is 14.7 Å². The number of pyridine rings is 1. The molecule has 3 rings (SSSR count). The van der Waals surface area contributed by atoms with Crippen LogP contribution in [0.15, 0.2) is 30.5 Å². The van der Waals surface area contributed by atoms with Gasteiger partial charge in [-0.05, 0) is 44.5 Å². The molecule has 1 saturated heterocycles. The highest BCUT2D eigenvalue weighted by atomic mass is 32.1. The number of anilines is 1. The van der Waals surface area contributed by atoms with Crippen molar-refractivity contribution in [3.63, 3.8) is 0 Å². The number of likely N-dealkylation sites (tertiary alicyclic amines) is 1. The molecule has 1 aliphatic heterocycles. The van der Waals surface area contributed by atoms with Crippen LogP contribution in [0.3, 0.4) is 0 Å². The van der Waals surface area contributed by atoms with Gasteiger partial charge < -0.3 is 15.3 Å². The highest BCUT2D eigenvalue weighted by Gasteiger charge is 2.42. The average Bonchev–Trinajstić information content (AvgIpc) is 3.15. The fourth-order valence-electron chi connectivity index (χ4n) is 2.77. The van der Waals surface area contributed by atoms with Gasteiger partial charge in [0.05, 0.1) is 16.0 Å². The van der Waals surface area contributed by atoms with E-state index >= 15 is 0 Å². The molecule has 0 aromatic carbocycles. The number of carboxylic acids is 1. The number of thiophene rings is 1. The van der Waals surface area contributed by atoms with Crippen molar-refractivity contribution in [3.8, 4) is 10.6 Å². The predicted molar refractivity (Wildman–Crippen MR) is 93.2 cm³/mol. The van der Waals surface area contributed by atoms with Crippen molar-refractivity contribution in [3.05, 3.63) is 35.3 Å². The third-order valence-corrected chi connectivity index (χ3v) is 5.31. The molecule has 7 heteroatoms. The van der Waals surface area contributed by atoms with Crippen molar-refractivity contribution < 1.29 is 14.7 Å². The van der Waals surface area contributed by atoms with E-state index in [1.807, 2.05) is 25.1 Å². The van der Waals surface area contributed by atoms with Crippen LogP contribution >= 0.6 is 11.3 Å². The van der Waals surface area contributed by atoms with Gasteiger partial charge in [-0.3, -0.25) is 9.78 Å². The molecule has 126 valence electrons. The maximum absolute atomic E-state index is 12.5. The lowest BCUT2D eigenvalue weighted by Crippen LogP contribution is -2.37. The number of carboxylic acid groups (broad SMARTS) is 1. The predicted octanol–water partition coefficient (Wildman–Crippen LogP) is 3.45. The molecular weight excluding hydrogens is 326 g/mol. The minimum atomic E-state index is -0.875. The highest BCUT2D eigenvalue weighted by molar-refractivity contribution is 7.15. The molecule has 2 N–H and O–H groups in total. The second kappa shape index (κ2) is 6.24. The van der Waals surface area contributed by atoms with Gasteiger partial charge >= 0.3 is 12.0 Å². The van der Waals surface area contributed by atoms with Crippen molar-refractivity contribution in [2.45, 2.75) is 20.3 Å². The Morgan fingerprint density at radius 1 is 1.38 bits per heavy atom. The maximum atomic E-state index is 12.5. The van der Waals surface area contributed by atoms with Crippen molar-refractivity contribution in [2.75, 3.05) is 18.4 Å². The Bertz CT molecular complexity index is 789. The van der Waals surface area contributed by atoms with E-state index in [1.165, 1.54) is 4.88 Å². The summed E-state index contributed by atoms with van der Waals surface area (Å²) in [5.74, 6) is -0.867. The first kappa shape index (κ1) is 16.4. The van der Waals surface area contributed by atoms with Crippen LogP contribution in [0.4, 0.5) is 10.5 Å². The third kappa shape index (κ3) is 3.12. The molecule has 0 spiro atoms. The minimum Gasteiger partial charge on any atom is -0.481 e. The van der Waals surface area contributed by atoms with Crippen LogP contribution in [0.5, 0.6) is 0 Å². The van der Waals surface area contributed by atoms with Crippen LogP contribution < -0.4 is 5.32 Å². The summed E-state index contributed by atoms with van der Waals surface area (Å²) in [6.45, 7) is 4.34. The normalized spacial score (nSPS) is 20.2. The summed E-state index contributed by atoms with van der Waals surface area (Å²) in [5, 5.41) is 12.2. The van der Waals surface area contributed by atoms with Crippen molar-refractivity contribution in [1.82, 2.24) is 9.88 Å². The summed E-state index contributed by atoms with van der Waals surface area (Å²) < 4.78 is 0. The van der Waals surface area contributed by atoms with Crippen LogP contribution in [-0.4, -0.2) is 40.1 Å². The summed E-state index contributed by atoms with van der Waals surface area (Å²) in [6, 6.07) is 7.28. The molecule has 6 nitrogen and oxygen atoms in total. The van der Waals surface area contributed by atoms with Gasteiger partial charge in [-0.25, -0.2) is 4.79 Å². The zero-order valence-electron chi connectivity index (χ0n) is 13.6. The maximum Gasteiger partial charge on any atom is 0.321 e. The Balaban J connectivity index is 1.78. The summed E-state index contributed by atoms with van der Waals surface area (Å²) in [4.78, 5) is 31.9. The molecule has 3 heterocycles. The molecule has 0 radical (unpaired) electrons. The molecule has 1 fully saturated rings. The number of hydrogen-bond acceptors (Lipinski definition) is 4. The van der Waals surface area contributed by atoms with E-state index in [0.717, 1.165) is 10.6 Å². The third-order valence-electron chi connectivity index (χ3n) is 4.30. The number of carbonyl (C=O) groups excluding carboxylic acids is 1. The highest BCUT2D eigenvalue weighted by Crippen LogP contribution is 2.33. The standard InChI is InChI=1S/C17H19N3O3S/c1-11-5-6-13(24-11)14-12(4-3-8-18-14)19-16(23)20-9-7-17(2,10-20)15(21)22/h3-6,8H,7,9-10H2,1-2H3,(H,19,23)(H,21,22). The second-order valence-electron chi connectivity index (χ2n) is 6.28. The van der Waals surface area contributed by atoms with E-state index in [4.69, 9.17) is 0 Å². The number of rotatable bonds is 3. The van der Waals surface area contributed by atoms with Gasteiger partial charge in [0.1, 0.15) is 5.69 Å². The largest absolute Gasteiger partial charge is 0.481 e. The quantitative estimate of drug-likeness (QED) is 0.892. The van der Waals surface area contributed by atoms with Crippen molar-refractivity contribution in [1.29, 1.82) is 0 Å². The molecule has 0 bridgehead atoms. The van der Waals surface area contributed by atoms with Gasteiger partial charge in [-0.15, -0.1) is 11.3 Å². The number of urea groups is 1. The molecule has 0 saturated carbocycles. The lowest BCUT2D eigenvalue weighted by molar-refractivity contribution is -0.146. The number of hydrogen-bond donors (Lipinski definition) is 2. The molecule has 2 aromatic rings. The van der Waals surface area contributed by atoms with Gasteiger partial charge in [0.15, 0.2) is 0 Å². The van der Waals surface area contributed by atoms with Gasteiger partial charge in [-0.2, -0.15) is 0 Å². The molecule has 1 atom stereocenters. The molecule has 1 aliphatic rings. The van der Waals surface area contributed by atoms with Gasteiger partial charge in [0.25, 0.3) is 0 Å². The fourth-order valence-corrected chi connectivity index (χ4v) is 3.65. The lowest BCUT2D eigenvalue weighted by atomic mass is 9.90. The monoisotopic (exact) mass is 345 g/mol. The summed E-state index contributed by atoms with van der Waals surface area (Å²) in [6.07, 6.45) is 2.15. The zero-order valence-corrected chi connectivity index (χ0v) is 14.4. The van der Waals surface area contributed by atoms with Crippen LogP contribution in [0.25, 0.3) is 10.6 Å². The van der Waals surface area contributed by atoms with Crippen LogP contribution in [0.2, 0.25) is 0 Å². The Hall–Kier alpha value is -2.41. The lowest BCUT2D eigenvalue weighted by Gasteiger charge is -2.21. The number of carbonyl (C=O) groups is 2. The number of aromatic nitrogens is 1. The summed E-state index contributed by atoms with van der Waals surface area (Å²) >= 11 is 1.61. The molecule has 1 unspecified atom stereocenters. The van der Waals surface area contributed by atoms with Crippen LogP contribution in [-0.2, 0) is 4.79 Å². The first-order valence-corrected chi connectivity index (χ1v) is 8.52. The van der Waals surface area contributed by atoms with E-state index in [1.54, 1.807) is 35.4 Å². The van der Waals surface area contributed by atoms with Gasteiger partial charge in [0, 0.05) is 24.2 Å². The molecule has 0 aliphatic carbocycles.